The average molecular weight is 316 g/mol. The number of nitrogens with zero attached hydrogens (tertiary/aromatic N) is 1. The van der Waals surface area contributed by atoms with Gasteiger partial charge in [0.05, 0.1) is 6.20 Å². The van der Waals surface area contributed by atoms with Gasteiger partial charge in [-0.15, -0.1) is 0 Å². The van der Waals surface area contributed by atoms with Crippen LogP contribution >= 0.6 is 0 Å². The number of amides is 1. The van der Waals surface area contributed by atoms with Crippen LogP contribution in [0.25, 0.3) is 0 Å². The first-order valence-corrected chi connectivity index (χ1v) is 7.42. The van der Waals surface area contributed by atoms with Crippen molar-refractivity contribution in [1.29, 1.82) is 0 Å². The van der Waals surface area contributed by atoms with E-state index in [-0.39, 0.29) is 35.6 Å². The number of aryl methyl sites for hydroxylation is 1. The van der Waals surface area contributed by atoms with E-state index in [0.29, 0.717) is 5.69 Å². The van der Waals surface area contributed by atoms with E-state index in [0.717, 1.165) is 18.4 Å². The van der Waals surface area contributed by atoms with E-state index in [1.807, 2.05) is 0 Å². The molecule has 0 spiro atoms. The first kappa shape index (κ1) is 15.3. The fraction of sp³-hybridized carbons (Fsp3) is 0.294. The number of pyridine rings is 1. The van der Waals surface area contributed by atoms with E-state index < -0.39 is 0 Å². The summed E-state index contributed by atoms with van der Waals surface area (Å²) in [6, 6.07) is 7.36. The molecule has 0 unspecified atom stereocenters. The highest BCUT2D eigenvalue weighted by atomic mass is 19.1. The lowest BCUT2D eigenvalue weighted by molar-refractivity contribution is 0.0942. The minimum absolute atomic E-state index is 0.153. The number of halogens is 1. The summed E-state index contributed by atoms with van der Waals surface area (Å²) >= 11 is 0. The summed E-state index contributed by atoms with van der Waals surface area (Å²) in [6.45, 7) is 0.156. The third-order valence-corrected chi connectivity index (χ3v) is 3.65. The van der Waals surface area contributed by atoms with Gasteiger partial charge in [-0.3, -0.25) is 9.59 Å². The van der Waals surface area contributed by atoms with Crippen molar-refractivity contribution >= 4 is 5.91 Å². The van der Waals surface area contributed by atoms with Gasteiger partial charge in [-0.1, -0.05) is 12.1 Å². The molecule has 1 saturated carbocycles. The van der Waals surface area contributed by atoms with E-state index in [2.05, 4.69) is 5.32 Å². The van der Waals surface area contributed by atoms with Crippen LogP contribution in [-0.2, 0) is 13.7 Å². The van der Waals surface area contributed by atoms with Gasteiger partial charge in [0.25, 0.3) is 5.91 Å². The zero-order valence-electron chi connectivity index (χ0n) is 12.7. The SMILES string of the molecule is Cn1cc(OCc2ccc(F)cc2)c(=O)cc1C(=O)NC1CC1. The van der Waals surface area contributed by atoms with Gasteiger partial charge in [-0.2, -0.15) is 0 Å². The molecule has 0 atom stereocenters. The van der Waals surface area contributed by atoms with Gasteiger partial charge in [-0.05, 0) is 30.5 Å². The molecule has 2 aromatic rings. The van der Waals surface area contributed by atoms with Crippen LogP contribution in [0.15, 0.2) is 41.3 Å². The van der Waals surface area contributed by atoms with Crippen molar-refractivity contribution in [2.24, 2.45) is 7.05 Å². The lowest BCUT2D eigenvalue weighted by Crippen LogP contribution is -2.29. The van der Waals surface area contributed by atoms with E-state index in [4.69, 9.17) is 4.74 Å². The third-order valence-electron chi connectivity index (χ3n) is 3.65. The Morgan fingerprint density at radius 1 is 1.35 bits per heavy atom. The van der Waals surface area contributed by atoms with Crippen LogP contribution in [0, 0.1) is 5.82 Å². The Labute approximate surface area is 132 Å². The Bertz CT molecular complexity index is 779. The molecule has 1 aliphatic rings. The van der Waals surface area contributed by atoms with Gasteiger partial charge >= 0.3 is 0 Å². The zero-order valence-corrected chi connectivity index (χ0v) is 12.7. The average Bonchev–Trinajstić information content (AvgIpc) is 3.33. The van der Waals surface area contributed by atoms with Crippen molar-refractivity contribution in [1.82, 2.24) is 9.88 Å². The molecular formula is C17H17FN2O3. The number of ether oxygens (including phenoxy) is 1. The van der Waals surface area contributed by atoms with Gasteiger partial charge in [0.15, 0.2) is 5.75 Å². The zero-order chi connectivity index (χ0) is 16.4. The second-order valence-electron chi connectivity index (χ2n) is 5.66. The Morgan fingerprint density at radius 2 is 2.04 bits per heavy atom. The van der Waals surface area contributed by atoms with Crippen LogP contribution in [0.1, 0.15) is 28.9 Å². The maximum Gasteiger partial charge on any atom is 0.268 e. The molecule has 120 valence electrons. The number of rotatable bonds is 5. The van der Waals surface area contributed by atoms with E-state index in [1.165, 1.54) is 24.4 Å². The van der Waals surface area contributed by atoms with Gasteiger partial charge in [0.1, 0.15) is 18.1 Å². The Hall–Kier alpha value is -2.63. The minimum Gasteiger partial charge on any atom is -0.483 e. The summed E-state index contributed by atoms with van der Waals surface area (Å²) in [5, 5.41) is 2.85. The number of nitrogens with one attached hydrogen (secondary N) is 1. The van der Waals surface area contributed by atoms with Crippen molar-refractivity contribution in [3.8, 4) is 5.75 Å². The van der Waals surface area contributed by atoms with Crippen LogP contribution in [0.2, 0.25) is 0 Å². The summed E-state index contributed by atoms with van der Waals surface area (Å²) < 4.78 is 19.9. The summed E-state index contributed by atoms with van der Waals surface area (Å²) in [5.41, 5.74) is 0.700. The van der Waals surface area contributed by atoms with Crippen molar-refractivity contribution in [2.75, 3.05) is 0 Å². The first-order valence-electron chi connectivity index (χ1n) is 7.42. The molecule has 23 heavy (non-hydrogen) atoms. The highest BCUT2D eigenvalue weighted by Crippen LogP contribution is 2.19. The van der Waals surface area contributed by atoms with Crippen molar-refractivity contribution in [3.05, 3.63) is 63.8 Å². The molecule has 6 heteroatoms. The van der Waals surface area contributed by atoms with Crippen LogP contribution in [0.4, 0.5) is 4.39 Å². The molecule has 0 aliphatic heterocycles. The molecule has 1 fully saturated rings. The maximum absolute atomic E-state index is 12.8. The first-order chi connectivity index (χ1) is 11.0. The molecule has 3 rings (SSSR count). The van der Waals surface area contributed by atoms with Crippen molar-refractivity contribution in [2.45, 2.75) is 25.5 Å². The molecule has 1 aliphatic carbocycles. The summed E-state index contributed by atoms with van der Waals surface area (Å²) in [6.07, 6.45) is 3.46. The maximum atomic E-state index is 12.8. The van der Waals surface area contributed by atoms with Crippen molar-refractivity contribution < 1.29 is 13.9 Å². The van der Waals surface area contributed by atoms with Gasteiger partial charge in [0, 0.05) is 19.2 Å². The van der Waals surface area contributed by atoms with Gasteiger partial charge < -0.3 is 14.6 Å². The fourth-order valence-electron chi connectivity index (χ4n) is 2.17. The number of carbonyl (C=O) groups excluding carboxylic acids is 1. The molecule has 0 saturated heterocycles. The molecule has 5 nitrogen and oxygen atoms in total. The quantitative estimate of drug-likeness (QED) is 0.918. The molecular weight excluding hydrogens is 299 g/mol. The Balaban J connectivity index is 1.72. The molecule has 1 aromatic carbocycles. The van der Waals surface area contributed by atoms with Gasteiger partial charge in [-0.25, -0.2) is 4.39 Å². The number of aromatic nitrogens is 1. The van der Waals surface area contributed by atoms with Crippen molar-refractivity contribution in [3.63, 3.8) is 0 Å². The highest BCUT2D eigenvalue weighted by Gasteiger charge is 2.25. The fourth-order valence-corrected chi connectivity index (χ4v) is 2.17. The summed E-state index contributed by atoms with van der Waals surface area (Å²) in [7, 11) is 1.69. The topological polar surface area (TPSA) is 60.3 Å². The van der Waals surface area contributed by atoms with Crippen LogP contribution in [0.3, 0.4) is 0 Å². The monoisotopic (exact) mass is 316 g/mol. The van der Waals surface area contributed by atoms with Crippen LogP contribution in [0.5, 0.6) is 5.75 Å². The summed E-state index contributed by atoms with van der Waals surface area (Å²) in [4.78, 5) is 24.1. The van der Waals surface area contributed by atoms with Gasteiger partial charge in [0.2, 0.25) is 5.43 Å². The van der Waals surface area contributed by atoms with Crippen LogP contribution in [-0.4, -0.2) is 16.5 Å². The Kier molecular flexibility index (Phi) is 4.14. The number of hydrogen-bond donors (Lipinski definition) is 1. The molecule has 1 aromatic heterocycles. The molecule has 1 heterocycles. The molecule has 1 amide bonds. The van der Waals surface area contributed by atoms with E-state index in [9.17, 15) is 14.0 Å². The number of benzene rings is 1. The second kappa shape index (κ2) is 6.24. The smallest absolute Gasteiger partial charge is 0.268 e. The number of carbonyl (C=O) groups is 1. The largest absolute Gasteiger partial charge is 0.483 e. The molecule has 0 bridgehead atoms. The lowest BCUT2D eigenvalue weighted by Gasteiger charge is -2.11. The second-order valence-corrected chi connectivity index (χ2v) is 5.66. The molecule has 0 radical (unpaired) electrons. The predicted molar refractivity (Wildman–Crippen MR) is 82.9 cm³/mol. The Morgan fingerprint density at radius 3 is 2.70 bits per heavy atom. The minimum atomic E-state index is -0.355. The summed E-state index contributed by atoms with van der Waals surface area (Å²) in [5.74, 6) is -0.423. The normalized spacial score (nSPS) is 13.7. The highest BCUT2D eigenvalue weighted by molar-refractivity contribution is 5.93. The van der Waals surface area contributed by atoms with Crippen LogP contribution < -0.4 is 15.5 Å². The van der Waals surface area contributed by atoms with E-state index in [1.54, 1.807) is 23.7 Å². The van der Waals surface area contributed by atoms with E-state index >= 15 is 0 Å². The standard InChI is InChI=1S/C17H17FN2O3/c1-20-9-16(23-10-11-2-4-12(18)5-3-11)15(21)8-14(20)17(22)19-13-6-7-13/h2-5,8-9,13H,6-7,10H2,1H3,(H,19,22). The lowest BCUT2D eigenvalue weighted by atomic mass is 10.2. The third kappa shape index (κ3) is 3.77. The molecule has 1 N–H and O–H groups in total. The predicted octanol–water partition coefficient (Wildman–Crippen LogP) is 2.00. The number of hydrogen-bond acceptors (Lipinski definition) is 3.